The summed E-state index contributed by atoms with van der Waals surface area (Å²) in [5, 5.41) is 6.35. The average Bonchev–Trinajstić information content (AvgIpc) is 3.34. The van der Waals surface area contributed by atoms with Crippen LogP contribution in [-0.4, -0.2) is 44.8 Å². The van der Waals surface area contributed by atoms with Crippen molar-refractivity contribution >= 4 is 34.3 Å². The third-order valence-electron chi connectivity index (χ3n) is 6.96. The molecule has 2 aliphatic rings. The van der Waals surface area contributed by atoms with Crippen molar-refractivity contribution in [2.75, 3.05) is 5.32 Å². The third-order valence-corrected chi connectivity index (χ3v) is 6.96. The summed E-state index contributed by atoms with van der Waals surface area (Å²) in [6.45, 7) is 7.28. The van der Waals surface area contributed by atoms with E-state index in [1.54, 1.807) is 22.5 Å². The molecule has 8 heteroatoms. The van der Waals surface area contributed by atoms with Crippen LogP contribution < -0.4 is 10.6 Å². The lowest BCUT2D eigenvalue weighted by atomic mass is 9.91. The van der Waals surface area contributed by atoms with Gasteiger partial charge in [0.05, 0.1) is 17.7 Å². The number of carbonyl (C=O) groups excluding carboxylic acids is 3. The van der Waals surface area contributed by atoms with Crippen LogP contribution in [0.15, 0.2) is 18.2 Å². The van der Waals surface area contributed by atoms with Gasteiger partial charge in [-0.2, -0.15) is 0 Å². The van der Waals surface area contributed by atoms with Crippen LogP contribution in [0.1, 0.15) is 70.3 Å². The normalized spacial score (nSPS) is 22.2. The molecule has 1 aromatic carbocycles. The van der Waals surface area contributed by atoms with E-state index in [-0.39, 0.29) is 42.0 Å². The zero-order valence-electron chi connectivity index (χ0n) is 19.1. The fourth-order valence-electron chi connectivity index (χ4n) is 5.20. The lowest BCUT2D eigenvalue weighted by Gasteiger charge is -2.47. The fourth-order valence-corrected chi connectivity index (χ4v) is 5.20. The van der Waals surface area contributed by atoms with E-state index in [1.165, 1.54) is 19.1 Å². The van der Waals surface area contributed by atoms with Crippen molar-refractivity contribution in [2.45, 2.75) is 84.0 Å². The van der Waals surface area contributed by atoms with Gasteiger partial charge in [0.2, 0.25) is 11.8 Å². The quantitative estimate of drug-likeness (QED) is 0.739. The first kappa shape index (κ1) is 22.3. The zero-order valence-corrected chi connectivity index (χ0v) is 19.1. The van der Waals surface area contributed by atoms with Crippen molar-refractivity contribution in [1.29, 1.82) is 0 Å². The first-order chi connectivity index (χ1) is 15.2. The molecule has 32 heavy (non-hydrogen) atoms. The largest absolute Gasteiger partial charge is 0.351 e. The number of rotatable bonds is 5. The number of nitrogens with zero attached hydrogens (tertiary/aromatic N) is 2. The van der Waals surface area contributed by atoms with Crippen LogP contribution in [0.4, 0.5) is 10.1 Å². The molecule has 1 aliphatic heterocycles. The molecule has 172 valence electrons. The summed E-state index contributed by atoms with van der Waals surface area (Å²) in [5.41, 5.74) is 0.0774. The van der Waals surface area contributed by atoms with Crippen LogP contribution in [0.3, 0.4) is 0 Å². The maximum absolute atomic E-state index is 14.1. The predicted octanol–water partition coefficient (Wildman–Crippen LogP) is 3.81. The number of amides is 3. The SMILES string of the molecule is CC[C@@H](C)N1C(=O)c2c(NC(C)=O)c3cc(F)ccc3n2C[C@]1(C)C(=O)NC1CCCC1. The molecule has 1 saturated carbocycles. The highest BCUT2D eigenvalue weighted by atomic mass is 19.1. The van der Waals surface area contributed by atoms with Gasteiger partial charge in [0, 0.05) is 24.4 Å². The van der Waals surface area contributed by atoms with Crippen LogP contribution in [0.5, 0.6) is 0 Å². The predicted molar refractivity (Wildman–Crippen MR) is 121 cm³/mol. The standard InChI is InChI=1S/C24H31FN4O3/c1-5-14(2)29-22(31)21-20(26-15(3)30)18-12-16(25)10-11-19(18)28(21)13-24(29,4)23(32)27-17-8-6-7-9-17/h10-12,14,17H,5-9,13H2,1-4H3,(H,26,30)(H,27,32)/t14-,24-/m1/s1. The molecule has 3 amide bonds. The Morgan fingerprint density at radius 1 is 1.28 bits per heavy atom. The number of nitrogens with one attached hydrogen (secondary N) is 2. The molecule has 1 fully saturated rings. The molecule has 0 saturated heterocycles. The van der Waals surface area contributed by atoms with E-state index < -0.39 is 11.4 Å². The number of anilines is 1. The number of aromatic nitrogens is 1. The minimum atomic E-state index is -1.12. The first-order valence-corrected chi connectivity index (χ1v) is 11.4. The van der Waals surface area contributed by atoms with Crippen LogP contribution in [-0.2, 0) is 16.1 Å². The highest BCUT2D eigenvalue weighted by Crippen LogP contribution is 2.40. The second kappa shape index (κ2) is 8.22. The number of hydrogen-bond donors (Lipinski definition) is 2. The van der Waals surface area contributed by atoms with Gasteiger partial charge in [-0.1, -0.05) is 19.8 Å². The molecule has 0 radical (unpaired) electrons. The van der Waals surface area contributed by atoms with Gasteiger partial charge < -0.3 is 20.1 Å². The van der Waals surface area contributed by atoms with Gasteiger partial charge >= 0.3 is 0 Å². The molecule has 0 unspecified atom stereocenters. The summed E-state index contributed by atoms with van der Waals surface area (Å²) < 4.78 is 15.9. The van der Waals surface area contributed by atoms with Gasteiger partial charge in [0.1, 0.15) is 17.1 Å². The number of hydrogen-bond acceptors (Lipinski definition) is 3. The topological polar surface area (TPSA) is 83.4 Å². The lowest BCUT2D eigenvalue weighted by Crippen LogP contribution is -2.66. The number of fused-ring (bicyclic) bond motifs is 3. The maximum Gasteiger partial charge on any atom is 0.273 e. The van der Waals surface area contributed by atoms with E-state index in [2.05, 4.69) is 10.6 Å². The highest BCUT2D eigenvalue weighted by molar-refractivity contribution is 6.14. The molecule has 0 spiro atoms. The fraction of sp³-hybridized carbons (Fsp3) is 0.542. The first-order valence-electron chi connectivity index (χ1n) is 11.4. The minimum Gasteiger partial charge on any atom is -0.351 e. The van der Waals surface area contributed by atoms with E-state index in [0.717, 1.165) is 25.7 Å². The molecule has 1 aliphatic carbocycles. The van der Waals surface area contributed by atoms with Crippen molar-refractivity contribution < 1.29 is 18.8 Å². The molecule has 2 N–H and O–H groups in total. The van der Waals surface area contributed by atoms with Crippen LogP contribution in [0.2, 0.25) is 0 Å². The van der Waals surface area contributed by atoms with Crippen LogP contribution >= 0.6 is 0 Å². The summed E-state index contributed by atoms with van der Waals surface area (Å²) in [6.07, 6.45) is 4.75. The Morgan fingerprint density at radius 2 is 1.97 bits per heavy atom. The molecule has 0 bridgehead atoms. The number of halogens is 1. The van der Waals surface area contributed by atoms with E-state index in [0.29, 0.717) is 23.0 Å². The van der Waals surface area contributed by atoms with Crippen LogP contribution in [0.25, 0.3) is 10.9 Å². The van der Waals surface area contributed by atoms with E-state index in [9.17, 15) is 18.8 Å². The molecule has 7 nitrogen and oxygen atoms in total. The van der Waals surface area contributed by atoms with Gasteiger partial charge in [-0.25, -0.2) is 4.39 Å². The molecule has 2 atom stereocenters. The molecule has 2 aromatic rings. The van der Waals surface area contributed by atoms with Gasteiger partial charge in [0.15, 0.2) is 0 Å². The van der Waals surface area contributed by atoms with Gasteiger partial charge in [0.25, 0.3) is 5.91 Å². The smallest absolute Gasteiger partial charge is 0.273 e. The molecule has 4 rings (SSSR count). The molecule has 2 heterocycles. The van der Waals surface area contributed by atoms with Crippen molar-refractivity contribution in [1.82, 2.24) is 14.8 Å². The Hall–Kier alpha value is -2.90. The second-order valence-electron chi connectivity index (χ2n) is 9.31. The summed E-state index contributed by atoms with van der Waals surface area (Å²) in [5.74, 6) is -1.32. The van der Waals surface area contributed by atoms with Crippen molar-refractivity contribution in [3.63, 3.8) is 0 Å². The zero-order chi connectivity index (χ0) is 23.2. The summed E-state index contributed by atoms with van der Waals surface area (Å²) >= 11 is 0. The number of carbonyl (C=O) groups is 3. The molecular formula is C24H31FN4O3. The van der Waals surface area contributed by atoms with E-state index in [1.807, 2.05) is 13.8 Å². The third kappa shape index (κ3) is 3.55. The van der Waals surface area contributed by atoms with Crippen LogP contribution in [0, 0.1) is 5.82 Å². The Kier molecular flexibility index (Phi) is 5.73. The van der Waals surface area contributed by atoms with Crippen molar-refractivity contribution in [3.8, 4) is 0 Å². The van der Waals surface area contributed by atoms with E-state index in [4.69, 9.17) is 0 Å². The van der Waals surface area contributed by atoms with Gasteiger partial charge in [-0.05, 0) is 51.3 Å². The van der Waals surface area contributed by atoms with Gasteiger partial charge in [-0.15, -0.1) is 0 Å². The summed E-state index contributed by atoms with van der Waals surface area (Å²) in [4.78, 5) is 41.1. The van der Waals surface area contributed by atoms with Crippen molar-refractivity contribution in [3.05, 3.63) is 29.7 Å². The Labute approximate surface area is 187 Å². The average molecular weight is 443 g/mol. The molecule has 1 aromatic heterocycles. The number of benzene rings is 1. The molecular weight excluding hydrogens is 411 g/mol. The lowest BCUT2D eigenvalue weighted by molar-refractivity contribution is -0.134. The maximum atomic E-state index is 14.1. The minimum absolute atomic E-state index is 0.125. The summed E-state index contributed by atoms with van der Waals surface area (Å²) in [6, 6.07) is 4.17. The van der Waals surface area contributed by atoms with E-state index >= 15 is 0 Å². The van der Waals surface area contributed by atoms with Crippen molar-refractivity contribution in [2.24, 2.45) is 0 Å². The Bertz CT molecular complexity index is 1090. The highest BCUT2D eigenvalue weighted by Gasteiger charge is 2.50. The Morgan fingerprint density at radius 3 is 2.59 bits per heavy atom. The second-order valence-corrected chi connectivity index (χ2v) is 9.31. The monoisotopic (exact) mass is 442 g/mol. The Balaban J connectivity index is 1.88. The summed E-state index contributed by atoms with van der Waals surface area (Å²) in [7, 11) is 0. The van der Waals surface area contributed by atoms with Gasteiger partial charge in [-0.3, -0.25) is 14.4 Å².